The van der Waals surface area contributed by atoms with Gasteiger partial charge in [-0.05, 0) is 18.2 Å². The summed E-state index contributed by atoms with van der Waals surface area (Å²) in [6.45, 7) is 0. The van der Waals surface area contributed by atoms with Crippen molar-refractivity contribution in [3.63, 3.8) is 0 Å². The number of carbonyl (C=O) groups is 1. The molecule has 0 saturated heterocycles. The predicted octanol–water partition coefficient (Wildman–Crippen LogP) is 3.94. The highest BCUT2D eigenvalue weighted by Crippen LogP contribution is 2.34. The maximum atomic E-state index is 12.0. The number of nitrogens with one attached hydrogen (secondary N) is 1. The Morgan fingerprint density at radius 2 is 1.79 bits per heavy atom. The quantitative estimate of drug-likeness (QED) is 0.824. The highest BCUT2D eigenvalue weighted by atomic mass is 35.5. The van der Waals surface area contributed by atoms with Crippen molar-refractivity contribution in [2.75, 3.05) is 5.32 Å². The maximum Gasteiger partial charge on any atom is 0.272 e. The van der Waals surface area contributed by atoms with Gasteiger partial charge in [-0.25, -0.2) is 0 Å². The zero-order valence-corrected chi connectivity index (χ0v) is 12.0. The van der Waals surface area contributed by atoms with Crippen LogP contribution in [0.15, 0.2) is 24.4 Å². The highest BCUT2D eigenvalue weighted by Gasteiger charge is 2.13. The van der Waals surface area contributed by atoms with Gasteiger partial charge in [-0.2, -0.15) is 0 Å². The summed E-state index contributed by atoms with van der Waals surface area (Å²) in [6.07, 6.45) is 1.62. The third kappa shape index (κ3) is 2.97. The minimum Gasteiger partial charge on any atom is -0.505 e. The summed E-state index contributed by atoms with van der Waals surface area (Å²) in [5.41, 5.74) is 0.778. The van der Waals surface area contributed by atoms with E-state index in [2.05, 4.69) is 5.32 Å². The summed E-state index contributed by atoms with van der Waals surface area (Å²) in [6, 6.07) is 4.36. The summed E-state index contributed by atoms with van der Waals surface area (Å²) in [5, 5.41) is 12.6. The number of carbonyl (C=O) groups excluding carboxylic acids is 1. The van der Waals surface area contributed by atoms with Gasteiger partial charge in [-0.15, -0.1) is 0 Å². The Kier molecular flexibility index (Phi) is 3.94. The van der Waals surface area contributed by atoms with Crippen LogP contribution in [-0.2, 0) is 7.05 Å². The zero-order valence-electron chi connectivity index (χ0n) is 9.75. The molecule has 0 aliphatic rings. The monoisotopic (exact) mass is 318 g/mol. The van der Waals surface area contributed by atoms with E-state index < -0.39 is 0 Å². The Morgan fingerprint density at radius 1 is 1.21 bits per heavy atom. The SMILES string of the molecule is Cn1cc(Cl)cc1C(=O)Nc1cc(Cl)c(O)c(Cl)c1. The van der Waals surface area contributed by atoms with Crippen LogP contribution in [0, 0.1) is 0 Å². The fourth-order valence-corrected chi connectivity index (χ4v) is 2.32. The molecule has 0 saturated carbocycles. The molecule has 19 heavy (non-hydrogen) atoms. The molecular weight excluding hydrogens is 311 g/mol. The third-order valence-corrected chi connectivity index (χ3v) is 3.26. The Hall–Kier alpha value is -1.36. The minimum atomic E-state index is -0.354. The van der Waals surface area contributed by atoms with Crippen molar-refractivity contribution < 1.29 is 9.90 Å². The molecule has 1 amide bonds. The fraction of sp³-hybridized carbons (Fsp3) is 0.0833. The number of hydrogen-bond donors (Lipinski definition) is 2. The molecule has 7 heteroatoms. The van der Waals surface area contributed by atoms with Crippen LogP contribution >= 0.6 is 34.8 Å². The van der Waals surface area contributed by atoms with E-state index >= 15 is 0 Å². The van der Waals surface area contributed by atoms with Gasteiger partial charge in [0.25, 0.3) is 5.91 Å². The second kappa shape index (κ2) is 5.33. The van der Waals surface area contributed by atoms with Gasteiger partial charge in [0.05, 0.1) is 15.1 Å². The van der Waals surface area contributed by atoms with E-state index in [9.17, 15) is 9.90 Å². The van der Waals surface area contributed by atoms with Gasteiger partial charge in [0.15, 0.2) is 5.75 Å². The number of benzene rings is 1. The number of aromatic hydroxyl groups is 1. The first-order valence-corrected chi connectivity index (χ1v) is 6.33. The van der Waals surface area contributed by atoms with Crippen LogP contribution in [0.4, 0.5) is 5.69 Å². The van der Waals surface area contributed by atoms with Crippen molar-refractivity contribution in [3.8, 4) is 5.75 Å². The molecule has 2 N–H and O–H groups in total. The van der Waals surface area contributed by atoms with Crippen LogP contribution < -0.4 is 5.32 Å². The normalized spacial score (nSPS) is 10.5. The van der Waals surface area contributed by atoms with Gasteiger partial charge in [0.1, 0.15) is 5.69 Å². The molecule has 0 fully saturated rings. The first-order chi connectivity index (χ1) is 8.88. The first-order valence-electron chi connectivity index (χ1n) is 5.19. The topological polar surface area (TPSA) is 54.3 Å². The van der Waals surface area contributed by atoms with Crippen molar-refractivity contribution in [1.82, 2.24) is 4.57 Å². The second-order valence-electron chi connectivity index (χ2n) is 3.90. The van der Waals surface area contributed by atoms with E-state index in [0.717, 1.165) is 0 Å². The fourth-order valence-electron chi connectivity index (χ4n) is 1.58. The van der Waals surface area contributed by atoms with E-state index in [1.54, 1.807) is 23.9 Å². The molecule has 0 aliphatic heterocycles. The smallest absolute Gasteiger partial charge is 0.272 e. The van der Waals surface area contributed by atoms with E-state index in [-0.39, 0.29) is 21.7 Å². The highest BCUT2D eigenvalue weighted by molar-refractivity contribution is 6.37. The number of rotatable bonds is 2. The molecule has 2 aromatic rings. The van der Waals surface area contributed by atoms with Crippen molar-refractivity contribution in [3.05, 3.63) is 45.2 Å². The lowest BCUT2D eigenvalue weighted by molar-refractivity contribution is 0.101. The van der Waals surface area contributed by atoms with Crippen LogP contribution in [0.5, 0.6) is 5.75 Å². The largest absolute Gasteiger partial charge is 0.505 e. The van der Waals surface area contributed by atoms with Gasteiger partial charge in [0, 0.05) is 18.9 Å². The van der Waals surface area contributed by atoms with Crippen LogP contribution in [0.2, 0.25) is 15.1 Å². The summed E-state index contributed by atoms with van der Waals surface area (Å²) in [4.78, 5) is 12.0. The van der Waals surface area contributed by atoms with Gasteiger partial charge in [-0.1, -0.05) is 34.8 Å². The van der Waals surface area contributed by atoms with Crippen LogP contribution in [-0.4, -0.2) is 15.6 Å². The number of phenolic OH excluding ortho intramolecular Hbond substituents is 1. The lowest BCUT2D eigenvalue weighted by Gasteiger charge is -2.08. The number of nitrogens with zero attached hydrogens (tertiary/aromatic N) is 1. The Morgan fingerprint density at radius 3 is 2.26 bits per heavy atom. The van der Waals surface area contributed by atoms with Crippen LogP contribution in [0.1, 0.15) is 10.5 Å². The lowest BCUT2D eigenvalue weighted by Crippen LogP contribution is -2.15. The molecule has 1 heterocycles. The second-order valence-corrected chi connectivity index (χ2v) is 5.15. The summed E-state index contributed by atoms with van der Waals surface area (Å²) >= 11 is 17.4. The number of phenols is 1. The van der Waals surface area contributed by atoms with Crippen LogP contribution in [0.25, 0.3) is 0 Å². The van der Waals surface area contributed by atoms with Gasteiger partial charge in [0.2, 0.25) is 0 Å². The van der Waals surface area contributed by atoms with E-state index in [0.29, 0.717) is 16.4 Å². The molecular formula is C12H9Cl3N2O2. The molecule has 100 valence electrons. The molecule has 0 spiro atoms. The predicted molar refractivity (Wildman–Crippen MR) is 76.5 cm³/mol. The maximum absolute atomic E-state index is 12.0. The molecule has 0 atom stereocenters. The molecule has 0 bridgehead atoms. The Balaban J connectivity index is 2.27. The molecule has 0 aliphatic carbocycles. The summed E-state index contributed by atoms with van der Waals surface area (Å²) < 4.78 is 1.60. The number of anilines is 1. The zero-order chi connectivity index (χ0) is 14.2. The minimum absolute atomic E-state index is 0.0627. The average molecular weight is 320 g/mol. The first kappa shape index (κ1) is 14.1. The molecule has 4 nitrogen and oxygen atoms in total. The Labute approximate surface area is 124 Å². The van der Waals surface area contributed by atoms with E-state index in [4.69, 9.17) is 34.8 Å². The molecule has 0 unspecified atom stereocenters. The summed E-state index contributed by atoms with van der Waals surface area (Å²) in [7, 11) is 1.71. The number of halogens is 3. The third-order valence-electron chi connectivity index (χ3n) is 2.48. The van der Waals surface area contributed by atoms with Gasteiger partial charge >= 0.3 is 0 Å². The Bertz CT molecular complexity index is 629. The van der Waals surface area contributed by atoms with Crippen molar-refractivity contribution in [2.24, 2.45) is 7.05 Å². The van der Waals surface area contributed by atoms with Crippen molar-refractivity contribution in [2.45, 2.75) is 0 Å². The number of hydrogen-bond acceptors (Lipinski definition) is 2. The molecule has 2 rings (SSSR count). The van der Waals surface area contributed by atoms with E-state index in [1.807, 2.05) is 0 Å². The summed E-state index contributed by atoms with van der Waals surface area (Å²) in [5.74, 6) is -0.574. The number of aromatic nitrogens is 1. The molecule has 0 radical (unpaired) electrons. The van der Waals surface area contributed by atoms with E-state index in [1.165, 1.54) is 12.1 Å². The van der Waals surface area contributed by atoms with Gasteiger partial charge < -0.3 is 15.0 Å². The number of amides is 1. The van der Waals surface area contributed by atoms with Crippen LogP contribution in [0.3, 0.4) is 0 Å². The van der Waals surface area contributed by atoms with Gasteiger partial charge in [-0.3, -0.25) is 4.79 Å². The lowest BCUT2D eigenvalue weighted by atomic mass is 10.3. The number of aryl methyl sites for hydroxylation is 1. The average Bonchev–Trinajstić information content (AvgIpc) is 2.65. The standard InChI is InChI=1S/C12H9Cl3N2O2/c1-17-5-6(13)2-10(17)12(19)16-7-3-8(14)11(18)9(15)4-7/h2-5,18H,1H3,(H,16,19). The van der Waals surface area contributed by atoms with Crippen molar-refractivity contribution >= 4 is 46.4 Å². The molecule has 1 aromatic carbocycles. The van der Waals surface area contributed by atoms with Crippen molar-refractivity contribution in [1.29, 1.82) is 0 Å². The molecule has 1 aromatic heterocycles.